The van der Waals surface area contributed by atoms with Crippen LogP contribution in [0.15, 0.2) is 18.2 Å². The minimum Gasteiger partial charge on any atom is -0.365 e. The van der Waals surface area contributed by atoms with Gasteiger partial charge >= 0.3 is 0 Å². The van der Waals surface area contributed by atoms with E-state index in [9.17, 15) is 0 Å². The van der Waals surface area contributed by atoms with Crippen molar-refractivity contribution in [3.63, 3.8) is 0 Å². The average molecular weight is 215 g/mol. The monoisotopic (exact) mass is 215 g/mol. The van der Waals surface area contributed by atoms with Crippen LogP contribution in [0.1, 0.15) is 18.1 Å². The Morgan fingerprint density at radius 1 is 1.50 bits per heavy atom. The highest BCUT2D eigenvalue weighted by Crippen LogP contribution is 2.23. The molecule has 3 nitrogen and oxygen atoms in total. The molecule has 84 valence electrons. The predicted molar refractivity (Wildman–Crippen MR) is 65.6 cm³/mol. The van der Waals surface area contributed by atoms with E-state index in [0.29, 0.717) is 6.04 Å². The van der Waals surface area contributed by atoms with Gasteiger partial charge in [0.2, 0.25) is 0 Å². The van der Waals surface area contributed by atoms with Crippen molar-refractivity contribution >= 4 is 5.69 Å². The molecule has 1 saturated heterocycles. The molecule has 16 heavy (non-hydrogen) atoms. The normalized spacial score (nSPS) is 20.6. The third-order valence-corrected chi connectivity index (χ3v) is 3.08. The Morgan fingerprint density at radius 3 is 3.00 bits per heavy atom. The van der Waals surface area contributed by atoms with E-state index in [0.717, 1.165) is 36.4 Å². The molecule has 1 aromatic rings. The van der Waals surface area contributed by atoms with Crippen LogP contribution in [-0.4, -0.2) is 25.7 Å². The number of nitrogens with one attached hydrogen (secondary N) is 1. The van der Waals surface area contributed by atoms with Crippen LogP contribution in [0.4, 0.5) is 5.69 Å². The van der Waals surface area contributed by atoms with Crippen molar-refractivity contribution in [2.24, 2.45) is 0 Å². The summed E-state index contributed by atoms with van der Waals surface area (Å²) >= 11 is 0. The summed E-state index contributed by atoms with van der Waals surface area (Å²) < 4.78 is 0. The number of hydrogen-bond acceptors (Lipinski definition) is 3. The second kappa shape index (κ2) is 4.54. The van der Waals surface area contributed by atoms with E-state index in [4.69, 9.17) is 5.26 Å². The highest BCUT2D eigenvalue weighted by molar-refractivity contribution is 5.61. The van der Waals surface area contributed by atoms with Gasteiger partial charge in [0.05, 0.1) is 11.3 Å². The number of piperazine rings is 1. The topological polar surface area (TPSA) is 39.1 Å². The second-order valence-electron chi connectivity index (χ2n) is 4.38. The predicted octanol–water partition coefficient (Wildman–Crippen LogP) is 1.66. The van der Waals surface area contributed by atoms with Gasteiger partial charge in [-0.3, -0.25) is 0 Å². The van der Waals surface area contributed by atoms with E-state index in [2.05, 4.69) is 35.3 Å². The average Bonchev–Trinajstić information content (AvgIpc) is 2.30. The van der Waals surface area contributed by atoms with Crippen LogP contribution in [0.2, 0.25) is 0 Å². The molecule has 0 bridgehead atoms. The molecular formula is C13H17N3. The fourth-order valence-electron chi connectivity index (χ4n) is 2.19. The molecule has 2 rings (SSSR count). The fourth-order valence-corrected chi connectivity index (χ4v) is 2.19. The quantitative estimate of drug-likeness (QED) is 0.774. The van der Waals surface area contributed by atoms with Crippen molar-refractivity contribution in [1.29, 1.82) is 5.26 Å². The molecule has 0 saturated carbocycles. The summed E-state index contributed by atoms with van der Waals surface area (Å²) in [6, 6.07) is 8.84. The Kier molecular flexibility index (Phi) is 3.12. The zero-order chi connectivity index (χ0) is 11.5. The van der Waals surface area contributed by atoms with E-state index in [1.165, 1.54) is 0 Å². The van der Waals surface area contributed by atoms with Gasteiger partial charge in [0.25, 0.3) is 0 Å². The zero-order valence-corrected chi connectivity index (χ0v) is 9.83. The van der Waals surface area contributed by atoms with E-state index >= 15 is 0 Å². The van der Waals surface area contributed by atoms with Gasteiger partial charge in [-0.15, -0.1) is 0 Å². The van der Waals surface area contributed by atoms with Gasteiger partial charge in [-0.25, -0.2) is 0 Å². The van der Waals surface area contributed by atoms with Gasteiger partial charge in [-0.2, -0.15) is 5.26 Å². The number of nitrogens with zero attached hydrogens (tertiary/aromatic N) is 2. The molecule has 1 N–H and O–H groups in total. The van der Waals surface area contributed by atoms with Crippen LogP contribution in [0.3, 0.4) is 0 Å². The largest absolute Gasteiger partial charge is 0.365 e. The maximum Gasteiger partial charge on any atom is 0.101 e. The Morgan fingerprint density at radius 2 is 2.31 bits per heavy atom. The molecule has 0 radical (unpaired) electrons. The standard InChI is InChI=1S/C13H17N3/c1-10-3-4-13(12(7-10)8-14)16-6-5-15-9-11(16)2/h3-4,7,11,15H,5-6,9H2,1-2H3. The van der Waals surface area contributed by atoms with Crippen molar-refractivity contribution in [2.75, 3.05) is 24.5 Å². The van der Waals surface area contributed by atoms with Crippen molar-refractivity contribution in [3.8, 4) is 6.07 Å². The lowest BCUT2D eigenvalue weighted by Gasteiger charge is -2.36. The molecule has 3 heteroatoms. The number of aryl methyl sites for hydroxylation is 1. The third kappa shape index (κ3) is 2.02. The second-order valence-corrected chi connectivity index (χ2v) is 4.38. The highest BCUT2D eigenvalue weighted by atomic mass is 15.2. The molecule has 0 amide bonds. The summed E-state index contributed by atoms with van der Waals surface area (Å²) in [5.41, 5.74) is 3.00. The number of anilines is 1. The molecule has 1 aromatic carbocycles. The first-order valence-electron chi connectivity index (χ1n) is 5.70. The van der Waals surface area contributed by atoms with E-state index in [-0.39, 0.29) is 0 Å². The minimum atomic E-state index is 0.448. The van der Waals surface area contributed by atoms with Crippen molar-refractivity contribution in [2.45, 2.75) is 19.9 Å². The Bertz CT molecular complexity index is 420. The summed E-state index contributed by atoms with van der Waals surface area (Å²) in [5, 5.41) is 12.5. The smallest absolute Gasteiger partial charge is 0.101 e. The summed E-state index contributed by atoms with van der Waals surface area (Å²) in [6.45, 7) is 7.15. The molecule has 1 fully saturated rings. The van der Waals surface area contributed by atoms with Crippen molar-refractivity contribution in [3.05, 3.63) is 29.3 Å². The van der Waals surface area contributed by atoms with E-state index in [1.807, 2.05) is 13.0 Å². The van der Waals surface area contributed by atoms with Crippen LogP contribution in [-0.2, 0) is 0 Å². The lowest BCUT2D eigenvalue weighted by Crippen LogP contribution is -2.50. The van der Waals surface area contributed by atoms with E-state index < -0.39 is 0 Å². The number of benzene rings is 1. The molecule has 1 aliphatic rings. The SMILES string of the molecule is Cc1ccc(N2CCNCC2C)c(C#N)c1. The highest BCUT2D eigenvalue weighted by Gasteiger charge is 2.20. The van der Waals surface area contributed by atoms with Crippen molar-refractivity contribution < 1.29 is 0 Å². The molecule has 0 aliphatic carbocycles. The molecule has 1 atom stereocenters. The van der Waals surface area contributed by atoms with Gasteiger partial charge in [-0.1, -0.05) is 6.07 Å². The minimum absolute atomic E-state index is 0.448. The van der Waals surface area contributed by atoms with Crippen LogP contribution in [0.25, 0.3) is 0 Å². The molecular weight excluding hydrogens is 198 g/mol. The summed E-state index contributed by atoms with van der Waals surface area (Å²) in [7, 11) is 0. The first-order valence-corrected chi connectivity index (χ1v) is 5.70. The molecule has 1 aliphatic heterocycles. The Labute approximate surface area is 96.7 Å². The van der Waals surface area contributed by atoms with Crippen LogP contribution in [0.5, 0.6) is 0 Å². The number of nitriles is 1. The lowest BCUT2D eigenvalue weighted by molar-refractivity contribution is 0.500. The third-order valence-electron chi connectivity index (χ3n) is 3.08. The summed E-state index contributed by atoms with van der Waals surface area (Å²) in [5.74, 6) is 0. The molecule has 1 unspecified atom stereocenters. The Balaban J connectivity index is 2.35. The van der Waals surface area contributed by atoms with Crippen LogP contribution >= 0.6 is 0 Å². The summed E-state index contributed by atoms with van der Waals surface area (Å²) in [4.78, 5) is 2.31. The fraction of sp³-hybridized carbons (Fsp3) is 0.462. The van der Waals surface area contributed by atoms with Gasteiger partial charge in [0, 0.05) is 25.7 Å². The molecule has 0 aromatic heterocycles. The van der Waals surface area contributed by atoms with E-state index in [1.54, 1.807) is 0 Å². The summed E-state index contributed by atoms with van der Waals surface area (Å²) in [6.07, 6.45) is 0. The van der Waals surface area contributed by atoms with Crippen LogP contribution in [0, 0.1) is 18.3 Å². The maximum absolute atomic E-state index is 9.17. The Hall–Kier alpha value is -1.53. The van der Waals surface area contributed by atoms with Crippen molar-refractivity contribution in [1.82, 2.24) is 5.32 Å². The zero-order valence-electron chi connectivity index (χ0n) is 9.83. The molecule has 1 heterocycles. The number of rotatable bonds is 1. The molecule has 0 spiro atoms. The van der Waals surface area contributed by atoms with Gasteiger partial charge in [-0.05, 0) is 31.5 Å². The first-order chi connectivity index (χ1) is 7.72. The van der Waals surface area contributed by atoms with Crippen LogP contribution < -0.4 is 10.2 Å². The maximum atomic E-state index is 9.17. The van der Waals surface area contributed by atoms with Gasteiger partial charge in [0.15, 0.2) is 0 Å². The lowest BCUT2D eigenvalue weighted by atomic mass is 10.1. The first kappa shape index (κ1) is 11.0. The van der Waals surface area contributed by atoms with Gasteiger partial charge < -0.3 is 10.2 Å². The van der Waals surface area contributed by atoms with Gasteiger partial charge in [0.1, 0.15) is 6.07 Å². The number of hydrogen-bond donors (Lipinski definition) is 1.